The molecule has 1 aliphatic rings. The third-order valence-electron chi connectivity index (χ3n) is 4.70. The lowest BCUT2D eigenvalue weighted by Gasteiger charge is -2.22. The molecule has 8 heteroatoms. The number of methoxy groups -OCH3 is 1. The highest BCUT2D eigenvalue weighted by molar-refractivity contribution is 6.33. The summed E-state index contributed by atoms with van der Waals surface area (Å²) in [5.74, 6) is 1.67. The quantitative estimate of drug-likeness (QED) is 0.684. The average molecular weight is 399 g/mol. The minimum absolute atomic E-state index is 0.236. The summed E-state index contributed by atoms with van der Waals surface area (Å²) in [5, 5.41) is 7.42. The molecule has 2 heterocycles. The molecule has 1 aromatic heterocycles. The van der Waals surface area contributed by atoms with Gasteiger partial charge in [-0.05, 0) is 49.2 Å². The summed E-state index contributed by atoms with van der Waals surface area (Å²) in [5.41, 5.74) is 1.39. The Balaban J connectivity index is 1.51. The van der Waals surface area contributed by atoms with Gasteiger partial charge in [0, 0.05) is 12.1 Å². The summed E-state index contributed by atoms with van der Waals surface area (Å²) in [6, 6.07) is 14.0. The van der Waals surface area contributed by atoms with Crippen molar-refractivity contribution in [1.82, 2.24) is 15.0 Å². The molecule has 2 aromatic carbocycles. The van der Waals surface area contributed by atoms with E-state index in [2.05, 4.69) is 15.5 Å². The molecule has 3 aromatic rings. The molecule has 1 fully saturated rings. The Hall–Kier alpha value is -3.06. The maximum atomic E-state index is 12.8. The Kier molecular flexibility index (Phi) is 5.16. The minimum atomic E-state index is -0.262. The molecule has 28 heavy (non-hydrogen) atoms. The number of para-hydroxylation sites is 1. The van der Waals surface area contributed by atoms with Gasteiger partial charge in [-0.25, -0.2) is 4.79 Å². The first kappa shape index (κ1) is 18.3. The van der Waals surface area contributed by atoms with Crippen molar-refractivity contribution in [2.24, 2.45) is 0 Å². The predicted molar refractivity (Wildman–Crippen MR) is 105 cm³/mol. The second-order valence-electron chi connectivity index (χ2n) is 6.45. The van der Waals surface area contributed by atoms with Crippen LogP contribution in [0, 0.1) is 0 Å². The fourth-order valence-corrected chi connectivity index (χ4v) is 3.43. The van der Waals surface area contributed by atoms with Crippen molar-refractivity contribution < 1.29 is 14.1 Å². The first-order valence-electron chi connectivity index (χ1n) is 8.96. The van der Waals surface area contributed by atoms with Gasteiger partial charge in [0.2, 0.25) is 11.7 Å². The second kappa shape index (κ2) is 7.90. The van der Waals surface area contributed by atoms with E-state index in [9.17, 15) is 4.79 Å². The Morgan fingerprint density at radius 3 is 2.79 bits per heavy atom. The molecule has 0 bridgehead atoms. The average Bonchev–Trinajstić information content (AvgIpc) is 3.39. The standard InChI is InChI=1S/C20H19ClN4O3/c1-27-14-10-8-13(9-11-14)18-23-19(28-24-18)17-7-4-12-25(17)20(26)22-16-6-3-2-5-15(16)21/h2-3,5-6,8-11,17H,4,7,12H2,1H3,(H,22,26). The first-order chi connectivity index (χ1) is 13.7. The normalized spacial score (nSPS) is 16.2. The van der Waals surface area contributed by atoms with E-state index in [0.717, 1.165) is 24.2 Å². The molecule has 1 saturated heterocycles. The number of anilines is 1. The molecule has 144 valence electrons. The summed E-state index contributed by atoms with van der Waals surface area (Å²) >= 11 is 6.14. The van der Waals surface area contributed by atoms with E-state index in [1.807, 2.05) is 36.4 Å². The molecule has 0 saturated carbocycles. The summed E-state index contributed by atoms with van der Waals surface area (Å²) in [7, 11) is 1.61. The molecular formula is C20H19ClN4O3. The fourth-order valence-electron chi connectivity index (χ4n) is 3.24. The molecule has 1 atom stereocenters. The van der Waals surface area contributed by atoms with Crippen LogP contribution < -0.4 is 10.1 Å². The summed E-state index contributed by atoms with van der Waals surface area (Å²) in [4.78, 5) is 19.0. The maximum Gasteiger partial charge on any atom is 0.322 e. The largest absolute Gasteiger partial charge is 0.497 e. The lowest BCUT2D eigenvalue weighted by atomic mass is 10.2. The maximum absolute atomic E-state index is 12.8. The number of hydrogen-bond donors (Lipinski definition) is 1. The van der Waals surface area contributed by atoms with E-state index in [1.54, 1.807) is 24.1 Å². The lowest BCUT2D eigenvalue weighted by Crippen LogP contribution is -2.34. The molecule has 1 unspecified atom stereocenters. The zero-order valence-electron chi connectivity index (χ0n) is 15.3. The van der Waals surface area contributed by atoms with E-state index in [4.69, 9.17) is 20.9 Å². The van der Waals surface area contributed by atoms with Crippen LogP contribution in [-0.2, 0) is 0 Å². The summed E-state index contributed by atoms with van der Waals surface area (Å²) in [6.07, 6.45) is 1.63. The molecular weight excluding hydrogens is 380 g/mol. The lowest BCUT2D eigenvalue weighted by molar-refractivity contribution is 0.193. The second-order valence-corrected chi connectivity index (χ2v) is 6.85. The molecule has 2 amide bonds. The number of aromatic nitrogens is 2. The highest BCUT2D eigenvalue weighted by Crippen LogP contribution is 2.33. The number of amides is 2. The highest BCUT2D eigenvalue weighted by Gasteiger charge is 2.34. The number of carbonyl (C=O) groups excluding carboxylic acids is 1. The number of halogens is 1. The van der Waals surface area contributed by atoms with Crippen LogP contribution in [0.2, 0.25) is 5.02 Å². The third kappa shape index (κ3) is 3.66. The Bertz CT molecular complexity index is 974. The van der Waals surface area contributed by atoms with E-state index >= 15 is 0 Å². The van der Waals surface area contributed by atoms with Gasteiger partial charge < -0.3 is 19.5 Å². The smallest absolute Gasteiger partial charge is 0.322 e. The number of carbonyl (C=O) groups is 1. The number of ether oxygens (including phenoxy) is 1. The van der Waals surface area contributed by atoms with Crippen LogP contribution in [0.3, 0.4) is 0 Å². The van der Waals surface area contributed by atoms with Gasteiger partial charge in [0.25, 0.3) is 0 Å². The number of nitrogens with one attached hydrogen (secondary N) is 1. The van der Waals surface area contributed by atoms with Gasteiger partial charge >= 0.3 is 6.03 Å². The number of rotatable bonds is 4. The summed E-state index contributed by atoms with van der Waals surface area (Å²) < 4.78 is 10.6. The van der Waals surface area contributed by atoms with E-state index in [0.29, 0.717) is 29.0 Å². The fraction of sp³-hybridized carbons (Fsp3) is 0.250. The monoisotopic (exact) mass is 398 g/mol. The molecule has 0 radical (unpaired) electrons. The van der Waals surface area contributed by atoms with Gasteiger partial charge in [-0.3, -0.25) is 0 Å². The van der Waals surface area contributed by atoms with Crippen molar-refractivity contribution in [3.05, 3.63) is 59.4 Å². The third-order valence-corrected chi connectivity index (χ3v) is 5.03. The van der Waals surface area contributed by atoms with E-state index in [-0.39, 0.29) is 12.1 Å². The SMILES string of the molecule is COc1ccc(-c2noc(C3CCCN3C(=O)Nc3ccccc3Cl)n2)cc1. The molecule has 0 aliphatic carbocycles. The molecule has 7 nitrogen and oxygen atoms in total. The van der Waals surface area contributed by atoms with Crippen LogP contribution in [0.5, 0.6) is 5.75 Å². The number of nitrogens with zero attached hydrogens (tertiary/aromatic N) is 3. The minimum Gasteiger partial charge on any atom is -0.497 e. The first-order valence-corrected chi connectivity index (χ1v) is 9.33. The van der Waals surface area contributed by atoms with E-state index < -0.39 is 0 Å². The van der Waals surface area contributed by atoms with Crippen molar-refractivity contribution in [3.8, 4) is 17.1 Å². The summed E-state index contributed by atoms with van der Waals surface area (Å²) in [6.45, 7) is 0.612. The zero-order chi connectivity index (χ0) is 19.5. The topological polar surface area (TPSA) is 80.5 Å². The van der Waals surface area contributed by atoms with Crippen LogP contribution >= 0.6 is 11.6 Å². The molecule has 1 aliphatic heterocycles. The molecule has 0 spiro atoms. The van der Waals surface area contributed by atoms with Crippen LogP contribution in [0.4, 0.5) is 10.5 Å². The van der Waals surface area contributed by atoms with Gasteiger partial charge in [-0.2, -0.15) is 4.98 Å². The van der Waals surface area contributed by atoms with Gasteiger partial charge in [0.1, 0.15) is 11.8 Å². The number of likely N-dealkylation sites (tertiary alicyclic amines) is 1. The van der Waals surface area contributed by atoms with Gasteiger partial charge in [0.05, 0.1) is 17.8 Å². The van der Waals surface area contributed by atoms with Crippen molar-refractivity contribution in [2.75, 3.05) is 19.0 Å². The molecule has 1 N–H and O–H groups in total. The van der Waals surface area contributed by atoms with Crippen molar-refractivity contribution in [2.45, 2.75) is 18.9 Å². The Morgan fingerprint density at radius 1 is 1.25 bits per heavy atom. The van der Waals surface area contributed by atoms with Crippen LogP contribution in [0.15, 0.2) is 53.1 Å². The van der Waals surface area contributed by atoms with Crippen molar-refractivity contribution >= 4 is 23.3 Å². The Morgan fingerprint density at radius 2 is 2.04 bits per heavy atom. The van der Waals surface area contributed by atoms with Crippen molar-refractivity contribution in [1.29, 1.82) is 0 Å². The number of benzene rings is 2. The van der Waals surface area contributed by atoms with Crippen LogP contribution in [0.1, 0.15) is 24.8 Å². The Labute approximate surface area is 167 Å². The number of urea groups is 1. The van der Waals surface area contributed by atoms with Gasteiger partial charge in [-0.1, -0.05) is 28.9 Å². The van der Waals surface area contributed by atoms with E-state index in [1.165, 1.54) is 0 Å². The number of hydrogen-bond acceptors (Lipinski definition) is 5. The zero-order valence-corrected chi connectivity index (χ0v) is 16.0. The van der Waals surface area contributed by atoms with Gasteiger partial charge in [-0.15, -0.1) is 0 Å². The van der Waals surface area contributed by atoms with Crippen LogP contribution in [-0.4, -0.2) is 34.7 Å². The van der Waals surface area contributed by atoms with Crippen molar-refractivity contribution in [3.63, 3.8) is 0 Å². The molecule has 4 rings (SSSR count). The highest BCUT2D eigenvalue weighted by atomic mass is 35.5. The predicted octanol–water partition coefficient (Wildman–Crippen LogP) is 4.77. The van der Waals surface area contributed by atoms with Gasteiger partial charge in [0.15, 0.2) is 0 Å². The van der Waals surface area contributed by atoms with Crippen LogP contribution in [0.25, 0.3) is 11.4 Å².